The minimum absolute atomic E-state index is 0.505. The lowest BCUT2D eigenvalue weighted by Gasteiger charge is -2.21. The number of hydrogen-bond donors (Lipinski definition) is 2. The molecule has 0 amide bonds. The highest BCUT2D eigenvalue weighted by Gasteiger charge is 2.19. The third kappa shape index (κ3) is 2.32. The van der Waals surface area contributed by atoms with Gasteiger partial charge in [-0.1, -0.05) is 30.3 Å². The first-order valence-corrected chi connectivity index (χ1v) is 6.89. The van der Waals surface area contributed by atoms with Gasteiger partial charge in [-0.15, -0.1) is 0 Å². The van der Waals surface area contributed by atoms with E-state index >= 15 is 0 Å². The summed E-state index contributed by atoms with van der Waals surface area (Å²) in [5, 5.41) is 10.1. The second kappa shape index (κ2) is 5.46. The smallest absolute Gasteiger partial charge is 0.186 e. The van der Waals surface area contributed by atoms with Gasteiger partial charge in [0.25, 0.3) is 0 Å². The van der Waals surface area contributed by atoms with Gasteiger partial charge in [-0.05, 0) is 29.1 Å². The molecule has 0 aromatic heterocycles. The van der Waals surface area contributed by atoms with E-state index in [1.807, 2.05) is 18.2 Å². The van der Waals surface area contributed by atoms with Crippen molar-refractivity contribution in [3.05, 3.63) is 42.0 Å². The molecule has 5 heteroatoms. The van der Waals surface area contributed by atoms with E-state index in [1.165, 1.54) is 5.39 Å². The maximum Gasteiger partial charge on any atom is 0.186 e. The molecule has 0 fully saturated rings. The van der Waals surface area contributed by atoms with Gasteiger partial charge in [0.15, 0.2) is 5.11 Å². The first-order valence-electron chi connectivity index (χ1n) is 6.49. The summed E-state index contributed by atoms with van der Waals surface area (Å²) < 4.78 is 5.74. The minimum Gasteiger partial charge on any atom is -0.492 e. The molecule has 0 bridgehead atoms. The van der Waals surface area contributed by atoms with Crippen LogP contribution in [0.2, 0.25) is 0 Å². The van der Waals surface area contributed by atoms with Crippen LogP contribution in [0.4, 0.5) is 0 Å². The molecule has 3 rings (SSSR count). The van der Waals surface area contributed by atoms with Crippen LogP contribution < -0.4 is 15.5 Å². The van der Waals surface area contributed by atoms with Crippen LogP contribution in [0.3, 0.4) is 0 Å². The molecule has 0 aliphatic carbocycles. The highest BCUT2D eigenvalue weighted by atomic mass is 32.1. The average Bonchev–Trinajstić information content (AvgIpc) is 2.52. The molecule has 20 heavy (non-hydrogen) atoms. The largest absolute Gasteiger partial charge is 0.492 e. The van der Waals surface area contributed by atoms with Gasteiger partial charge in [0.2, 0.25) is 0 Å². The molecule has 1 heterocycles. The summed E-state index contributed by atoms with van der Waals surface area (Å²) in [5.74, 6) is 0.880. The number of fused-ring (bicyclic) bond motifs is 3. The van der Waals surface area contributed by atoms with Gasteiger partial charge >= 0.3 is 0 Å². The van der Waals surface area contributed by atoms with Crippen molar-refractivity contribution in [3.63, 3.8) is 0 Å². The Morgan fingerprint density at radius 1 is 1.25 bits per heavy atom. The summed E-state index contributed by atoms with van der Waals surface area (Å²) in [6, 6.07) is 12.3. The monoisotopic (exact) mass is 285 g/mol. The zero-order valence-electron chi connectivity index (χ0n) is 11.1. The van der Waals surface area contributed by atoms with Crippen LogP contribution in [0.25, 0.3) is 10.8 Å². The Labute approximate surface area is 122 Å². The van der Waals surface area contributed by atoms with E-state index in [1.54, 1.807) is 7.05 Å². The van der Waals surface area contributed by atoms with E-state index in [4.69, 9.17) is 17.0 Å². The Balaban J connectivity index is 2.10. The van der Waals surface area contributed by atoms with E-state index in [9.17, 15) is 0 Å². The number of thiocarbonyl (C=S) groups is 1. The maximum atomic E-state index is 5.74. The summed E-state index contributed by atoms with van der Waals surface area (Å²) >= 11 is 5.06. The van der Waals surface area contributed by atoms with Crippen molar-refractivity contribution in [2.75, 3.05) is 13.7 Å². The summed E-state index contributed by atoms with van der Waals surface area (Å²) in [6.45, 7) is 0.637. The normalized spacial score (nSPS) is 15.6. The lowest BCUT2D eigenvalue weighted by atomic mass is 9.97. The van der Waals surface area contributed by atoms with Crippen LogP contribution in [0.5, 0.6) is 5.75 Å². The molecule has 2 aromatic carbocycles. The number of rotatable bonds is 1. The van der Waals surface area contributed by atoms with E-state index in [0.29, 0.717) is 11.7 Å². The molecule has 1 aliphatic rings. The van der Waals surface area contributed by atoms with E-state index < -0.39 is 0 Å². The number of nitrogens with one attached hydrogen (secondary N) is 2. The van der Waals surface area contributed by atoms with Gasteiger partial charge in [-0.3, -0.25) is 5.43 Å². The first-order chi connectivity index (χ1) is 9.79. The number of ether oxygens (including phenoxy) is 1. The fraction of sp³-hybridized carbons (Fsp3) is 0.200. The summed E-state index contributed by atoms with van der Waals surface area (Å²) in [5.41, 5.74) is 4.89. The molecule has 1 aliphatic heterocycles. The zero-order valence-corrected chi connectivity index (χ0v) is 12.0. The molecule has 4 nitrogen and oxygen atoms in total. The summed E-state index contributed by atoms with van der Waals surface area (Å²) in [7, 11) is 1.77. The van der Waals surface area contributed by atoms with Crippen molar-refractivity contribution >= 4 is 33.8 Å². The topological polar surface area (TPSA) is 45.7 Å². The number of benzene rings is 2. The van der Waals surface area contributed by atoms with Crippen LogP contribution in [0, 0.1) is 0 Å². The van der Waals surface area contributed by atoms with Crippen LogP contribution in [0.1, 0.15) is 12.0 Å². The van der Waals surface area contributed by atoms with Crippen molar-refractivity contribution in [1.29, 1.82) is 0 Å². The van der Waals surface area contributed by atoms with Crippen molar-refractivity contribution in [2.45, 2.75) is 6.42 Å². The van der Waals surface area contributed by atoms with Gasteiger partial charge < -0.3 is 10.1 Å². The molecular formula is C15H15N3OS. The van der Waals surface area contributed by atoms with Crippen LogP contribution >= 0.6 is 12.2 Å². The molecular weight excluding hydrogens is 270 g/mol. The average molecular weight is 285 g/mol. The van der Waals surface area contributed by atoms with Gasteiger partial charge in [-0.25, -0.2) is 0 Å². The summed E-state index contributed by atoms with van der Waals surface area (Å²) in [4.78, 5) is 0. The Morgan fingerprint density at radius 3 is 2.95 bits per heavy atom. The van der Waals surface area contributed by atoms with Gasteiger partial charge in [-0.2, -0.15) is 5.10 Å². The zero-order chi connectivity index (χ0) is 13.9. The Hall–Kier alpha value is -2.14. The van der Waals surface area contributed by atoms with E-state index in [0.717, 1.165) is 28.8 Å². The molecule has 0 unspecified atom stereocenters. The Bertz CT molecular complexity index is 697. The van der Waals surface area contributed by atoms with Crippen molar-refractivity contribution in [2.24, 2.45) is 5.10 Å². The highest BCUT2D eigenvalue weighted by molar-refractivity contribution is 7.80. The molecule has 2 aromatic rings. The van der Waals surface area contributed by atoms with E-state index in [-0.39, 0.29) is 0 Å². The van der Waals surface area contributed by atoms with Gasteiger partial charge in [0.1, 0.15) is 5.75 Å². The van der Waals surface area contributed by atoms with Crippen LogP contribution in [-0.2, 0) is 0 Å². The van der Waals surface area contributed by atoms with Gasteiger partial charge in [0, 0.05) is 19.0 Å². The van der Waals surface area contributed by atoms with Crippen molar-refractivity contribution in [1.82, 2.24) is 10.7 Å². The standard InChI is InChI=1S/C15H15N3OS/c1-16-15(20)18-17-12-8-9-19-13-7-6-10-4-2-3-5-11(10)14(12)13/h2-7H,8-9H2,1H3,(H2,16,18,20)/b17-12+. The van der Waals surface area contributed by atoms with Gasteiger partial charge in [0.05, 0.1) is 12.3 Å². The van der Waals surface area contributed by atoms with Crippen molar-refractivity contribution in [3.8, 4) is 5.75 Å². The third-order valence-corrected chi connectivity index (χ3v) is 3.59. The fourth-order valence-corrected chi connectivity index (χ4v) is 2.38. The lowest BCUT2D eigenvalue weighted by Crippen LogP contribution is -2.30. The molecule has 2 N–H and O–H groups in total. The Kier molecular flexibility index (Phi) is 3.52. The maximum absolute atomic E-state index is 5.74. The second-order valence-corrected chi connectivity index (χ2v) is 4.92. The predicted molar refractivity (Wildman–Crippen MR) is 85.4 cm³/mol. The Morgan fingerprint density at radius 2 is 2.10 bits per heavy atom. The number of hydrogen-bond acceptors (Lipinski definition) is 3. The molecule has 102 valence electrons. The molecule has 0 atom stereocenters. The first kappa shape index (κ1) is 12.9. The SMILES string of the molecule is CNC(=S)N/N=C1\CCOc2ccc3ccccc3c21. The van der Waals surface area contributed by atoms with E-state index in [2.05, 4.69) is 34.0 Å². The quantitative estimate of drug-likeness (QED) is 0.624. The molecule has 0 radical (unpaired) electrons. The number of hydrazone groups is 1. The fourth-order valence-electron chi connectivity index (χ4n) is 2.34. The second-order valence-electron chi connectivity index (χ2n) is 4.51. The van der Waals surface area contributed by atoms with Crippen LogP contribution in [-0.4, -0.2) is 24.5 Å². The summed E-state index contributed by atoms with van der Waals surface area (Å²) in [6.07, 6.45) is 0.764. The number of nitrogens with zero attached hydrogens (tertiary/aromatic N) is 1. The molecule has 0 saturated heterocycles. The predicted octanol–water partition coefficient (Wildman–Crippen LogP) is 2.42. The highest BCUT2D eigenvalue weighted by Crippen LogP contribution is 2.32. The molecule has 0 spiro atoms. The third-order valence-electron chi connectivity index (χ3n) is 3.30. The lowest BCUT2D eigenvalue weighted by molar-refractivity contribution is 0.321. The van der Waals surface area contributed by atoms with Crippen LogP contribution in [0.15, 0.2) is 41.5 Å². The van der Waals surface area contributed by atoms with Crippen molar-refractivity contribution < 1.29 is 4.74 Å². The minimum atomic E-state index is 0.505. The molecule has 0 saturated carbocycles.